The lowest BCUT2D eigenvalue weighted by molar-refractivity contribution is 0.253. The second kappa shape index (κ2) is 6.22. The summed E-state index contributed by atoms with van der Waals surface area (Å²) in [6, 6.07) is 13.8. The fourth-order valence-electron chi connectivity index (χ4n) is 2.53. The van der Waals surface area contributed by atoms with Crippen LogP contribution in [0.1, 0.15) is 26.3 Å². The van der Waals surface area contributed by atoms with Crippen molar-refractivity contribution in [3.05, 3.63) is 54.1 Å². The van der Waals surface area contributed by atoms with E-state index in [2.05, 4.69) is 0 Å². The van der Waals surface area contributed by atoms with Crippen molar-refractivity contribution in [2.45, 2.75) is 42.1 Å². The Labute approximate surface area is 143 Å². The maximum atomic E-state index is 13.1. The van der Waals surface area contributed by atoms with Crippen LogP contribution in [0, 0.1) is 0 Å². The average Bonchev–Trinajstić information content (AvgIpc) is 3.37. The molecule has 1 aliphatic rings. The van der Waals surface area contributed by atoms with Gasteiger partial charge in [0.25, 0.3) is 0 Å². The molecule has 0 bridgehead atoms. The van der Waals surface area contributed by atoms with Crippen LogP contribution in [0.5, 0.6) is 5.75 Å². The second-order valence-corrected chi connectivity index (χ2v) is 8.88. The Morgan fingerprint density at radius 1 is 1.08 bits per heavy atom. The molecule has 0 saturated carbocycles. The number of ether oxygens (including phenoxy) is 2. The summed E-state index contributed by atoms with van der Waals surface area (Å²) in [6.45, 7) is 7.16. The van der Waals surface area contributed by atoms with Crippen molar-refractivity contribution in [2.24, 2.45) is 0 Å². The van der Waals surface area contributed by atoms with E-state index in [0.29, 0.717) is 19.0 Å². The minimum absolute atomic E-state index is 0.0605. The van der Waals surface area contributed by atoms with Gasteiger partial charge in [0.2, 0.25) is 9.84 Å². The Balaban J connectivity index is 2.12. The van der Waals surface area contributed by atoms with Crippen LogP contribution in [0.2, 0.25) is 0 Å². The molecule has 1 atom stereocenters. The molecule has 128 valence electrons. The van der Waals surface area contributed by atoms with Crippen LogP contribution >= 0.6 is 0 Å². The molecule has 4 nitrogen and oxygen atoms in total. The Morgan fingerprint density at radius 3 is 2.33 bits per heavy atom. The van der Waals surface area contributed by atoms with Crippen LogP contribution in [-0.2, 0) is 20.0 Å². The molecule has 1 heterocycles. The maximum absolute atomic E-state index is 13.1. The number of hydrogen-bond acceptors (Lipinski definition) is 4. The van der Waals surface area contributed by atoms with Gasteiger partial charge in [0, 0.05) is 5.56 Å². The third-order valence-corrected chi connectivity index (χ3v) is 5.74. The van der Waals surface area contributed by atoms with E-state index in [4.69, 9.17) is 9.47 Å². The van der Waals surface area contributed by atoms with E-state index < -0.39 is 9.84 Å². The highest BCUT2D eigenvalue weighted by Crippen LogP contribution is 2.38. The lowest BCUT2D eigenvalue weighted by atomic mass is 9.86. The van der Waals surface area contributed by atoms with Gasteiger partial charge in [-0.15, -0.1) is 0 Å². The molecule has 0 spiro atoms. The van der Waals surface area contributed by atoms with Crippen LogP contribution in [0.4, 0.5) is 0 Å². The molecule has 2 aromatic carbocycles. The van der Waals surface area contributed by atoms with Crippen LogP contribution in [0.25, 0.3) is 0 Å². The molecule has 5 heteroatoms. The zero-order chi connectivity index (χ0) is 17.4. The van der Waals surface area contributed by atoms with Gasteiger partial charge in [-0.25, -0.2) is 8.42 Å². The molecule has 0 N–H and O–H groups in total. The fourth-order valence-corrected chi connectivity index (χ4v) is 3.97. The summed E-state index contributed by atoms with van der Waals surface area (Å²) >= 11 is 0. The Morgan fingerprint density at radius 2 is 1.75 bits per heavy atom. The first-order valence-electron chi connectivity index (χ1n) is 7.98. The predicted molar refractivity (Wildman–Crippen MR) is 92.3 cm³/mol. The van der Waals surface area contributed by atoms with Crippen molar-refractivity contribution < 1.29 is 17.9 Å². The molecule has 2 aromatic rings. The summed E-state index contributed by atoms with van der Waals surface area (Å²) in [7, 11) is -3.65. The van der Waals surface area contributed by atoms with Gasteiger partial charge in [-0.2, -0.15) is 0 Å². The van der Waals surface area contributed by atoms with Gasteiger partial charge in [-0.1, -0.05) is 51.1 Å². The van der Waals surface area contributed by atoms with E-state index >= 15 is 0 Å². The summed E-state index contributed by atoms with van der Waals surface area (Å²) in [6.07, 6.45) is 0.0605. The van der Waals surface area contributed by atoms with Gasteiger partial charge < -0.3 is 9.47 Å². The van der Waals surface area contributed by atoms with Gasteiger partial charge in [0.05, 0.1) is 11.5 Å². The predicted octanol–water partition coefficient (Wildman–Crippen LogP) is 3.59. The zero-order valence-electron chi connectivity index (χ0n) is 14.2. The van der Waals surface area contributed by atoms with Gasteiger partial charge >= 0.3 is 0 Å². The van der Waals surface area contributed by atoms with E-state index in [1.807, 2.05) is 26.8 Å². The minimum atomic E-state index is -3.65. The SMILES string of the molecule is CC(C)(C)c1cccc(S(=O)(=O)c2ccccc2)c1OCC1CO1. The number of para-hydroxylation sites is 1. The smallest absolute Gasteiger partial charge is 0.210 e. The third kappa shape index (κ3) is 3.47. The molecular formula is C19H22O4S. The fraction of sp³-hybridized carbons (Fsp3) is 0.368. The normalized spacial score (nSPS) is 17.5. The van der Waals surface area contributed by atoms with Crippen LogP contribution < -0.4 is 4.74 Å². The number of rotatable bonds is 5. The highest BCUT2D eigenvalue weighted by atomic mass is 32.2. The van der Waals surface area contributed by atoms with Gasteiger partial charge in [0.1, 0.15) is 23.4 Å². The van der Waals surface area contributed by atoms with Gasteiger partial charge in [0.15, 0.2) is 0 Å². The highest BCUT2D eigenvalue weighted by Gasteiger charge is 2.30. The van der Waals surface area contributed by atoms with Crippen molar-refractivity contribution in [3.8, 4) is 5.75 Å². The van der Waals surface area contributed by atoms with E-state index in [9.17, 15) is 8.42 Å². The van der Waals surface area contributed by atoms with E-state index in [0.717, 1.165) is 5.56 Å². The summed E-state index contributed by atoms with van der Waals surface area (Å²) in [5.41, 5.74) is 0.641. The lowest BCUT2D eigenvalue weighted by Gasteiger charge is -2.24. The third-order valence-electron chi connectivity index (χ3n) is 3.95. The highest BCUT2D eigenvalue weighted by molar-refractivity contribution is 7.91. The number of sulfone groups is 1. The summed E-state index contributed by atoms with van der Waals surface area (Å²) < 4.78 is 37.3. The minimum Gasteiger partial charge on any atom is -0.489 e. The molecule has 0 aromatic heterocycles. The first-order valence-corrected chi connectivity index (χ1v) is 9.46. The molecule has 3 rings (SSSR count). The largest absolute Gasteiger partial charge is 0.489 e. The Bertz CT molecular complexity index is 816. The zero-order valence-corrected chi connectivity index (χ0v) is 15.0. The van der Waals surface area contributed by atoms with Crippen molar-refractivity contribution in [2.75, 3.05) is 13.2 Å². The molecule has 1 aliphatic heterocycles. The van der Waals surface area contributed by atoms with Crippen molar-refractivity contribution in [1.82, 2.24) is 0 Å². The Kier molecular flexibility index (Phi) is 4.40. The monoisotopic (exact) mass is 346 g/mol. The quantitative estimate of drug-likeness (QED) is 0.776. The number of hydrogen-bond donors (Lipinski definition) is 0. The molecule has 24 heavy (non-hydrogen) atoms. The summed E-state index contributed by atoms with van der Waals surface area (Å²) in [5, 5.41) is 0. The topological polar surface area (TPSA) is 55.9 Å². The van der Waals surface area contributed by atoms with Crippen molar-refractivity contribution in [1.29, 1.82) is 0 Å². The van der Waals surface area contributed by atoms with Gasteiger partial charge in [-0.3, -0.25) is 0 Å². The Hall–Kier alpha value is -1.85. The maximum Gasteiger partial charge on any atom is 0.210 e. The molecule has 0 radical (unpaired) electrons. The molecule has 1 saturated heterocycles. The molecule has 1 unspecified atom stereocenters. The van der Waals surface area contributed by atoms with E-state index in [1.165, 1.54) is 0 Å². The lowest BCUT2D eigenvalue weighted by Crippen LogP contribution is -2.18. The second-order valence-electron chi connectivity index (χ2n) is 6.97. The first-order chi connectivity index (χ1) is 11.3. The standard InChI is InChI=1S/C19H22O4S/c1-19(2,3)16-10-7-11-17(18(16)23-13-14-12-22-14)24(20,21)15-8-5-4-6-9-15/h4-11,14H,12-13H2,1-3H3. The van der Waals surface area contributed by atoms with Crippen LogP contribution in [0.15, 0.2) is 58.3 Å². The van der Waals surface area contributed by atoms with Crippen LogP contribution in [0.3, 0.4) is 0 Å². The molecular weight excluding hydrogens is 324 g/mol. The average molecular weight is 346 g/mol. The van der Waals surface area contributed by atoms with Crippen molar-refractivity contribution in [3.63, 3.8) is 0 Å². The van der Waals surface area contributed by atoms with E-state index in [1.54, 1.807) is 42.5 Å². The van der Waals surface area contributed by atoms with E-state index in [-0.39, 0.29) is 21.3 Å². The van der Waals surface area contributed by atoms with Crippen LogP contribution in [-0.4, -0.2) is 27.7 Å². The summed E-state index contributed by atoms with van der Waals surface area (Å²) in [5.74, 6) is 0.435. The number of epoxide rings is 1. The first kappa shape index (κ1) is 17.0. The van der Waals surface area contributed by atoms with Crippen molar-refractivity contribution >= 4 is 9.84 Å². The summed E-state index contributed by atoms with van der Waals surface area (Å²) in [4.78, 5) is 0.477. The number of benzene rings is 2. The van der Waals surface area contributed by atoms with Gasteiger partial charge in [-0.05, 0) is 23.6 Å². The molecule has 0 aliphatic carbocycles. The molecule has 1 fully saturated rings. The molecule has 0 amide bonds.